The van der Waals surface area contributed by atoms with Gasteiger partial charge in [0.2, 0.25) is 0 Å². The van der Waals surface area contributed by atoms with E-state index in [0.29, 0.717) is 29.8 Å². The van der Waals surface area contributed by atoms with Crippen LogP contribution in [0.2, 0.25) is 18.1 Å². The molecule has 0 bridgehead atoms. The Hall–Kier alpha value is -1.13. The summed E-state index contributed by atoms with van der Waals surface area (Å²) in [6.07, 6.45) is 17.5. The van der Waals surface area contributed by atoms with Gasteiger partial charge in [0.05, 0.1) is 7.11 Å². The van der Waals surface area contributed by atoms with Crippen molar-refractivity contribution in [2.45, 2.75) is 129 Å². The summed E-state index contributed by atoms with van der Waals surface area (Å²) >= 11 is 0. The highest BCUT2D eigenvalue weighted by molar-refractivity contribution is 6.74. The lowest BCUT2D eigenvalue weighted by Gasteiger charge is -2.44. The summed E-state index contributed by atoms with van der Waals surface area (Å²) in [5.41, 5.74) is 4.78. The Bertz CT molecular complexity index is 861. The van der Waals surface area contributed by atoms with Crippen LogP contribution in [0.25, 0.3) is 0 Å². The normalized spacial score (nSPS) is 32.6. The molecule has 0 unspecified atom stereocenters. The van der Waals surface area contributed by atoms with Gasteiger partial charge in [-0.25, -0.2) is 0 Å². The molecular weight excluding hydrogens is 460 g/mol. The first-order valence-electron chi connectivity index (χ1n) is 14.6. The third kappa shape index (κ3) is 6.65. The van der Waals surface area contributed by atoms with Gasteiger partial charge in [-0.15, -0.1) is 0 Å². The highest BCUT2D eigenvalue weighted by Gasteiger charge is 2.50. The maximum Gasteiger partial charge on any atom is 0.305 e. The summed E-state index contributed by atoms with van der Waals surface area (Å²) in [7, 11) is -0.272. The maximum absolute atomic E-state index is 11.6. The summed E-state index contributed by atoms with van der Waals surface area (Å²) in [5.74, 6) is 2.04. The third-order valence-corrected chi connectivity index (χ3v) is 15.0. The highest BCUT2D eigenvalue weighted by atomic mass is 28.4. The Morgan fingerprint density at radius 1 is 1.19 bits per heavy atom. The van der Waals surface area contributed by atoms with E-state index < -0.39 is 8.32 Å². The topological polar surface area (TPSA) is 35.5 Å². The van der Waals surface area contributed by atoms with Gasteiger partial charge in [0.15, 0.2) is 8.32 Å². The fourth-order valence-electron chi connectivity index (χ4n) is 7.16. The lowest BCUT2D eigenvalue weighted by molar-refractivity contribution is -0.140. The molecule has 3 fully saturated rings. The van der Waals surface area contributed by atoms with Gasteiger partial charge in [0.25, 0.3) is 0 Å². The molecule has 3 nitrogen and oxygen atoms in total. The first-order valence-corrected chi connectivity index (χ1v) is 17.5. The van der Waals surface area contributed by atoms with Gasteiger partial charge in [-0.3, -0.25) is 4.79 Å². The molecule has 0 radical (unpaired) electrons. The van der Waals surface area contributed by atoms with Crippen LogP contribution in [0.15, 0.2) is 35.5 Å². The molecule has 0 heterocycles. The van der Waals surface area contributed by atoms with Crippen molar-refractivity contribution in [2.24, 2.45) is 23.2 Å². The maximum atomic E-state index is 11.6. The minimum atomic E-state index is -1.76. The van der Waals surface area contributed by atoms with Crippen LogP contribution in [0.3, 0.4) is 0 Å². The van der Waals surface area contributed by atoms with E-state index in [4.69, 9.17) is 9.16 Å². The van der Waals surface area contributed by atoms with Crippen LogP contribution < -0.4 is 0 Å². The molecule has 0 aromatic rings. The van der Waals surface area contributed by atoms with E-state index in [1.807, 2.05) is 0 Å². The van der Waals surface area contributed by atoms with Crippen LogP contribution in [0, 0.1) is 23.2 Å². The molecule has 36 heavy (non-hydrogen) atoms. The molecule has 0 aliphatic heterocycles. The largest absolute Gasteiger partial charge is 0.469 e. The lowest BCUT2D eigenvalue weighted by Crippen LogP contribution is -2.44. The quantitative estimate of drug-likeness (QED) is 0.239. The number of carbonyl (C=O) groups excluding carboxylic acids is 1. The Morgan fingerprint density at radius 2 is 1.92 bits per heavy atom. The highest BCUT2D eigenvalue weighted by Crippen LogP contribution is 2.60. The number of fused-ring (bicyclic) bond motifs is 1. The number of carbonyl (C=O) groups is 1. The molecule has 3 aliphatic rings. The van der Waals surface area contributed by atoms with Gasteiger partial charge in [-0.1, -0.05) is 64.5 Å². The van der Waals surface area contributed by atoms with E-state index in [9.17, 15) is 4.79 Å². The van der Waals surface area contributed by atoms with Crippen LogP contribution in [-0.2, 0) is 14.0 Å². The summed E-state index contributed by atoms with van der Waals surface area (Å²) < 4.78 is 11.6. The second-order valence-corrected chi connectivity index (χ2v) is 18.6. The van der Waals surface area contributed by atoms with Gasteiger partial charge in [0.1, 0.15) is 0 Å². The van der Waals surface area contributed by atoms with Gasteiger partial charge >= 0.3 is 5.97 Å². The molecule has 0 aromatic heterocycles. The molecule has 3 aliphatic carbocycles. The molecule has 4 heteroatoms. The molecular formula is C32H54O3Si. The van der Waals surface area contributed by atoms with E-state index in [2.05, 4.69) is 66.4 Å². The molecule has 5 atom stereocenters. The summed E-state index contributed by atoms with van der Waals surface area (Å²) in [6, 6.07) is 0. The first-order chi connectivity index (χ1) is 16.8. The summed E-state index contributed by atoms with van der Waals surface area (Å²) in [4.78, 5) is 11.6. The fourth-order valence-corrected chi connectivity index (χ4v) is 8.55. The van der Waals surface area contributed by atoms with Gasteiger partial charge < -0.3 is 9.16 Å². The SMILES string of the molecule is C=C1CC[C@@H](O[Si](C)(C)C(C)(C)C)C/C1=C/C=C1\CCC[C@@]2(C)[C@@H]1CC[C@H]2[C@@H](C)CCCC(=O)OC. The standard InChI is InChI=1S/C32H54O3Si/c1-23-15-18-27(35-36(8,9)31(3,4)5)22-26(23)17-16-25-13-11-21-32(6)28(19-20-29(25)32)24(2)12-10-14-30(33)34-7/h16-17,24,27-29H,1,10-15,18-22H2,2-9H3/b25-16+,26-17-/t24-,27+,28-,29+,32+/m0/s1. The lowest BCUT2D eigenvalue weighted by atomic mass is 9.60. The summed E-state index contributed by atoms with van der Waals surface area (Å²) in [6.45, 7) is 21.1. The van der Waals surface area contributed by atoms with Gasteiger partial charge in [-0.05, 0) is 111 Å². The van der Waals surface area contributed by atoms with Crippen LogP contribution >= 0.6 is 0 Å². The molecule has 0 saturated heterocycles. The minimum absolute atomic E-state index is 0.0742. The number of allylic oxidation sites excluding steroid dienone is 4. The average Bonchev–Trinajstić information content (AvgIpc) is 3.15. The zero-order valence-corrected chi connectivity index (χ0v) is 25.7. The van der Waals surface area contributed by atoms with Crippen LogP contribution in [0.4, 0.5) is 0 Å². The zero-order valence-electron chi connectivity index (χ0n) is 24.7. The molecule has 0 aromatic carbocycles. The Kier molecular flexibility index (Phi) is 9.58. The number of esters is 1. The van der Waals surface area contributed by atoms with Crippen molar-refractivity contribution < 1.29 is 14.0 Å². The van der Waals surface area contributed by atoms with Crippen molar-refractivity contribution in [2.75, 3.05) is 7.11 Å². The molecule has 0 amide bonds. The molecule has 204 valence electrons. The second-order valence-electron chi connectivity index (χ2n) is 13.8. The number of ether oxygens (including phenoxy) is 1. The van der Waals surface area contributed by atoms with E-state index in [1.165, 1.54) is 50.4 Å². The van der Waals surface area contributed by atoms with Gasteiger partial charge in [-0.2, -0.15) is 0 Å². The van der Waals surface area contributed by atoms with Crippen molar-refractivity contribution in [3.63, 3.8) is 0 Å². The van der Waals surface area contributed by atoms with E-state index >= 15 is 0 Å². The number of hydrogen-bond acceptors (Lipinski definition) is 3. The fraction of sp³-hybridized carbons (Fsp3) is 0.781. The molecule has 0 N–H and O–H groups in total. The predicted octanol–water partition coefficient (Wildman–Crippen LogP) is 9.17. The molecule has 3 rings (SSSR count). The van der Waals surface area contributed by atoms with Crippen molar-refractivity contribution in [3.8, 4) is 0 Å². The first kappa shape index (κ1) is 29.4. The van der Waals surface area contributed by atoms with Gasteiger partial charge in [0, 0.05) is 12.5 Å². The average molecular weight is 515 g/mol. The van der Waals surface area contributed by atoms with Crippen LogP contribution in [-0.4, -0.2) is 27.5 Å². The van der Waals surface area contributed by atoms with E-state index in [0.717, 1.165) is 38.0 Å². The van der Waals surface area contributed by atoms with Crippen LogP contribution in [0.1, 0.15) is 105 Å². The number of rotatable bonds is 8. The Balaban J connectivity index is 1.68. The second kappa shape index (κ2) is 11.7. The third-order valence-electron chi connectivity index (χ3n) is 10.4. The van der Waals surface area contributed by atoms with Crippen molar-refractivity contribution in [3.05, 3.63) is 35.5 Å². The number of methoxy groups -OCH3 is 1. The van der Waals surface area contributed by atoms with Crippen LogP contribution in [0.5, 0.6) is 0 Å². The minimum Gasteiger partial charge on any atom is -0.469 e. The molecule has 0 spiro atoms. The monoisotopic (exact) mass is 514 g/mol. The predicted molar refractivity (Wildman–Crippen MR) is 154 cm³/mol. The smallest absolute Gasteiger partial charge is 0.305 e. The zero-order chi connectivity index (χ0) is 26.7. The molecule has 3 saturated carbocycles. The Morgan fingerprint density at radius 3 is 2.58 bits per heavy atom. The van der Waals surface area contributed by atoms with E-state index in [1.54, 1.807) is 5.57 Å². The van der Waals surface area contributed by atoms with Crippen molar-refractivity contribution >= 4 is 14.3 Å². The van der Waals surface area contributed by atoms with Crippen molar-refractivity contribution in [1.82, 2.24) is 0 Å². The Labute approximate surface area is 223 Å². The van der Waals surface area contributed by atoms with Crippen molar-refractivity contribution in [1.29, 1.82) is 0 Å². The number of hydrogen-bond donors (Lipinski definition) is 0. The summed E-state index contributed by atoms with van der Waals surface area (Å²) in [5, 5.41) is 0.245. The van der Waals surface area contributed by atoms with E-state index in [-0.39, 0.29) is 11.0 Å².